The molecule has 0 unspecified atom stereocenters. The number of ketones is 1. The summed E-state index contributed by atoms with van der Waals surface area (Å²) in [5.74, 6) is 0.337. The first-order valence-electron chi connectivity index (χ1n) is 6.72. The third-order valence-electron chi connectivity index (χ3n) is 3.48. The van der Waals surface area contributed by atoms with Crippen LogP contribution in [0.4, 0.5) is 11.4 Å². The Hall–Kier alpha value is -1.84. The van der Waals surface area contributed by atoms with E-state index in [1.54, 1.807) is 6.92 Å². The van der Waals surface area contributed by atoms with Crippen molar-refractivity contribution in [3.8, 4) is 0 Å². The third kappa shape index (κ3) is 3.13. The summed E-state index contributed by atoms with van der Waals surface area (Å²) >= 11 is 0. The number of nitrogens with one attached hydrogen (secondary N) is 1. The first-order valence-corrected chi connectivity index (χ1v) is 6.72. The maximum absolute atomic E-state index is 12.0. The first kappa shape index (κ1) is 13.6. The van der Waals surface area contributed by atoms with Crippen LogP contribution in [0.5, 0.6) is 0 Å². The molecule has 4 nitrogen and oxygen atoms in total. The summed E-state index contributed by atoms with van der Waals surface area (Å²) in [6.45, 7) is 2.22. The van der Waals surface area contributed by atoms with Gasteiger partial charge in [0, 0.05) is 37.8 Å². The zero-order valence-electron chi connectivity index (χ0n) is 11.5. The summed E-state index contributed by atoms with van der Waals surface area (Å²) in [7, 11) is 1.89. The molecule has 19 heavy (non-hydrogen) atoms. The van der Waals surface area contributed by atoms with Gasteiger partial charge in [-0.3, -0.25) is 4.79 Å². The SMILES string of the molecule is CNc1ccc2c(c1)CCC(=O)N2CCCC(C)=O. The molecule has 1 amide bonds. The molecule has 0 aromatic heterocycles. The number of Topliss-reactive ketones (excluding diaryl/α,β-unsaturated/α-hetero) is 1. The molecule has 1 aromatic carbocycles. The van der Waals surface area contributed by atoms with E-state index in [9.17, 15) is 9.59 Å². The smallest absolute Gasteiger partial charge is 0.227 e. The predicted molar refractivity (Wildman–Crippen MR) is 76.6 cm³/mol. The van der Waals surface area contributed by atoms with E-state index in [1.165, 1.54) is 5.56 Å². The normalized spacial score (nSPS) is 14.2. The van der Waals surface area contributed by atoms with Crippen LogP contribution in [0.25, 0.3) is 0 Å². The highest BCUT2D eigenvalue weighted by molar-refractivity contribution is 5.96. The van der Waals surface area contributed by atoms with Gasteiger partial charge in [-0.1, -0.05) is 0 Å². The molecule has 0 radical (unpaired) electrons. The minimum Gasteiger partial charge on any atom is -0.388 e. The topological polar surface area (TPSA) is 49.4 Å². The molecule has 0 saturated heterocycles. The van der Waals surface area contributed by atoms with Crippen LogP contribution in [0.1, 0.15) is 31.7 Å². The Labute approximate surface area is 113 Å². The third-order valence-corrected chi connectivity index (χ3v) is 3.48. The van der Waals surface area contributed by atoms with Crippen molar-refractivity contribution in [2.75, 3.05) is 23.8 Å². The van der Waals surface area contributed by atoms with Crippen LogP contribution >= 0.6 is 0 Å². The molecule has 1 aliphatic rings. The van der Waals surface area contributed by atoms with Gasteiger partial charge in [-0.05, 0) is 43.5 Å². The number of carbonyl (C=O) groups is 2. The number of carbonyl (C=O) groups excluding carboxylic acids is 2. The second kappa shape index (κ2) is 5.87. The van der Waals surface area contributed by atoms with Gasteiger partial charge in [-0.25, -0.2) is 0 Å². The Morgan fingerprint density at radius 1 is 1.37 bits per heavy atom. The second-order valence-electron chi connectivity index (χ2n) is 4.94. The molecule has 0 aliphatic carbocycles. The van der Waals surface area contributed by atoms with Gasteiger partial charge in [-0.2, -0.15) is 0 Å². The highest BCUT2D eigenvalue weighted by Gasteiger charge is 2.23. The van der Waals surface area contributed by atoms with Gasteiger partial charge < -0.3 is 15.0 Å². The van der Waals surface area contributed by atoms with Crippen molar-refractivity contribution >= 4 is 23.1 Å². The Bertz CT molecular complexity index is 497. The van der Waals surface area contributed by atoms with Crippen molar-refractivity contribution < 1.29 is 9.59 Å². The predicted octanol–water partition coefficient (Wildman–Crippen LogP) is 2.38. The lowest BCUT2D eigenvalue weighted by Crippen LogP contribution is -2.36. The lowest BCUT2D eigenvalue weighted by Gasteiger charge is -2.29. The fourth-order valence-corrected chi connectivity index (χ4v) is 2.45. The minimum atomic E-state index is 0.160. The maximum Gasteiger partial charge on any atom is 0.227 e. The number of anilines is 2. The van der Waals surface area contributed by atoms with Crippen LogP contribution in [0.2, 0.25) is 0 Å². The summed E-state index contributed by atoms with van der Waals surface area (Å²) in [4.78, 5) is 24.8. The van der Waals surface area contributed by atoms with Crippen molar-refractivity contribution in [3.05, 3.63) is 23.8 Å². The highest BCUT2D eigenvalue weighted by Crippen LogP contribution is 2.30. The summed E-state index contributed by atoms with van der Waals surface area (Å²) in [5, 5.41) is 3.11. The van der Waals surface area contributed by atoms with E-state index in [0.29, 0.717) is 19.4 Å². The van der Waals surface area contributed by atoms with Gasteiger partial charge in [0.1, 0.15) is 5.78 Å². The Morgan fingerprint density at radius 2 is 2.16 bits per heavy atom. The number of hydrogen-bond acceptors (Lipinski definition) is 3. The molecule has 1 aliphatic heterocycles. The van der Waals surface area contributed by atoms with Crippen LogP contribution in [0.3, 0.4) is 0 Å². The number of aryl methyl sites for hydroxylation is 1. The van der Waals surface area contributed by atoms with Gasteiger partial charge in [0.05, 0.1) is 0 Å². The number of fused-ring (bicyclic) bond motifs is 1. The zero-order chi connectivity index (χ0) is 13.8. The molecular weight excluding hydrogens is 240 g/mol. The van der Waals surface area contributed by atoms with E-state index in [2.05, 4.69) is 11.4 Å². The van der Waals surface area contributed by atoms with E-state index < -0.39 is 0 Å². The number of benzene rings is 1. The molecule has 0 bridgehead atoms. The molecule has 1 aromatic rings. The van der Waals surface area contributed by atoms with Crippen LogP contribution in [0.15, 0.2) is 18.2 Å². The first-order chi connectivity index (χ1) is 9.11. The van der Waals surface area contributed by atoms with Gasteiger partial charge in [0.25, 0.3) is 0 Å². The van der Waals surface area contributed by atoms with Crippen molar-refractivity contribution in [2.24, 2.45) is 0 Å². The van der Waals surface area contributed by atoms with Crippen LogP contribution < -0.4 is 10.2 Å². The molecular formula is C15H20N2O2. The molecule has 1 N–H and O–H groups in total. The van der Waals surface area contributed by atoms with E-state index in [4.69, 9.17) is 0 Å². The summed E-state index contributed by atoms with van der Waals surface area (Å²) in [5.41, 5.74) is 3.27. The average Bonchev–Trinajstić information content (AvgIpc) is 2.40. The highest BCUT2D eigenvalue weighted by atomic mass is 16.2. The van der Waals surface area contributed by atoms with Crippen molar-refractivity contribution in [1.29, 1.82) is 0 Å². The van der Waals surface area contributed by atoms with Crippen molar-refractivity contribution in [1.82, 2.24) is 0 Å². The summed E-state index contributed by atoms with van der Waals surface area (Å²) < 4.78 is 0. The fraction of sp³-hybridized carbons (Fsp3) is 0.467. The molecule has 102 valence electrons. The summed E-state index contributed by atoms with van der Waals surface area (Å²) in [6, 6.07) is 6.07. The second-order valence-corrected chi connectivity index (χ2v) is 4.94. The van der Waals surface area contributed by atoms with Gasteiger partial charge in [0.2, 0.25) is 5.91 Å². The van der Waals surface area contributed by atoms with E-state index in [-0.39, 0.29) is 11.7 Å². The van der Waals surface area contributed by atoms with Crippen molar-refractivity contribution in [2.45, 2.75) is 32.6 Å². The molecule has 0 spiro atoms. The quantitative estimate of drug-likeness (QED) is 0.884. The summed E-state index contributed by atoms with van der Waals surface area (Å²) in [6.07, 6.45) is 2.62. The zero-order valence-corrected chi connectivity index (χ0v) is 11.5. The molecule has 0 fully saturated rings. The van der Waals surface area contributed by atoms with Crippen LogP contribution in [0, 0.1) is 0 Å². The Balaban J connectivity index is 2.15. The Morgan fingerprint density at radius 3 is 2.84 bits per heavy atom. The fourth-order valence-electron chi connectivity index (χ4n) is 2.45. The average molecular weight is 260 g/mol. The number of rotatable bonds is 5. The standard InChI is InChI=1S/C15H20N2O2/c1-11(18)4-3-9-17-14-7-6-13(16-2)10-12(14)5-8-15(17)19/h6-7,10,16H,3-5,8-9H2,1-2H3. The van der Waals surface area contributed by atoms with Gasteiger partial charge in [-0.15, -0.1) is 0 Å². The number of nitrogens with zero attached hydrogens (tertiary/aromatic N) is 1. The number of amides is 1. The molecule has 2 rings (SSSR count). The van der Waals surface area contributed by atoms with Gasteiger partial charge >= 0.3 is 0 Å². The van der Waals surface area contributed by atoms with E-state index in [1.807, 2.05) is 24.1 Å². The molecule has 4 heteroatoms. The monoisotopic (exact) mass is 260 g/mol. The molecule has 0 atom stereocenters. The number of hydrogen-bond donors (Lipinski definition) is 1. The largest absolute Gasteiger partial charge is 0.388 e. The Kier molecular flexibility index (Phi) is 4.20. The van der Waals surface area contributed by atoms with Crippen LogP contribution in [-0.2, 0) is 16.0 Å². The lowest BCUT2D eigenvalue weighted by atomic mass is 10.00. The van der Waals surface area contributed by atoms with Crippen LogP contribution in [-0.4, -0.2) is 25.3 Å². The van der Waals surface area contributed by atoms with E-state index >= 15 is 0 Å². The van der Waals surface area contributed by atoms with Crippen molar-refractivity contribution in [3.63, 3.8) is 0 Å². The molecule has 1 heterocycles. The van der Waals surface area contributed by atoms with E-state index in [0.717, 1.165) is 24.2 Å². The molecule has 0 saturated carbocycles. The lowest BCUT2D eigenvalue weighted by molar-refractivity contribution is -0.119. The maximum atomic E-state index is 12.0. The van der Waals surface area contributed by atoms with Gasteiger partial charge in [0.15, 0.2) is 0 Å². The minimum absolute atomic E-state index is 0.160.